The normalized spacial score (nSPS) is 16.3. The van der Waals surface area contributed by atoms with Crippen molar-refractivity contribution in [2.45, 2.75) is 38.3 Å². The maximum atomic E-state index is 12.2. The molecule has 0 aliphatic heterocycles. The van der Waals surface area contributed by atoms with E-state index in [4.69, 9.17) is 16.3 Å². The van der Waals surface area contributed by atoms with Crippen LogP contribution in [0.3, 0.4) is 0 Å². The monoisotopic (exact) mass is 414 g/mol. The van der Waals surface area contributed by atoms with Crippen molar-refractivity contribution < 1.29 is 19.1 Å². The SMILES string of the molecule is C[C@H](NC(=O)c1ccccc1Cl)C(=O)OCC(=O)N[C@H]1CCCc2ccccc21. The zero-order valence-corrected chi connectivity index (χ0v) is 16.9. The number of rotatable bonds is 6. The molecule has 2 atom stereocenters. The molecule has 2 aromatic carbocycles. The number of carbonyl (C=O) groups is 3. The van der Waals surface area contributed by atoms with Gasteiger partial charge in [0.1, 0.15) is 6.04 Å². The fourth-order valence-electron chi connectivity index (χ4n) is 3.38. The Morgan fingerprint density at radius 3 is 2.66 bits per heavy atom. The largest absolute Gasteiger partial charge is 0.454 e. The maximum Gasteiger partial charge on any atom is 0.328 e. The highest BCUT2D eigenvalue weighted by molar-refractivity contribution is 6.33. The lowest BCUT2D eigenvalue weighted by Gasteiger charge is -2.26. The summed E-state index contributed by atoms with van der Waals surface area (Å²) in [6.45, 7) is 1.09. The Bertz CT molecular complexity index is 915. The molecule has 3 rings (SSSR count). The number of halogens is 1. The number of aryl methyl sites for hydroxylation is 1. The number of amides is 2. The Hall–Kier alpha value is -2.86. The molecule has 2 amide bonds. The van der Waals surface area contributed by atoms with Gasteiger partial charge in [0.2, 0.25) is 0 Å². The first-order valence-electron chi connectivity index (χ1n) is 9.55. The molecule has 0 saturated heterocycles. The summed E-state index contributed by atoms with van der Waals surface area (Å²) in [7, 11) is 0. The molecule has 0 saturated carbocycles. The van der Waals surface area contributed by atoms with Gasteiger partial charge in [-0.1, -0.05) is 48.0 Å². The lowest BCUT2D eigenvalue weighted by atomic mass is 9.88. The van der Waals surface area contributed by atoms with Gasteiger partial charge in [0.15, 0.2) is 6.61 Å². The van der Waals surface area contributed by atoms with E-state index in [2.05, 4.69) is 16.7 Å². The molecule has 0 fully saturated rings. The zero-order chi connectivity index (χ0) is 20.8. The highest BCUT2D eigenvalue weighted by Gasteiger charge is 2.23. The quantitative estimate of drug-likeness (QED) is 0.711. The summed E-state index contributed by atoms with van der Waals surface area (Å²) in [4.78, 5) is 36.6. The van der Waals surface area contributed by atoms with Crippen LogP contribution in [0.2, 0.25) is 5.02 Å². The van der Waals surface area contributed by atoms with Gasteiger partial charge in [0.25, 0.3) is 11.8 Å². The first kappa shape index (κ1) is 20.9. The van der Waals surface area contributed by atoms with Gasteiger partial charge in [-0.15, -0.1) is 0 Å². The molecule has 0 bridgehead atoms. The molecule has 7 heteroatoms. The van der Waals surface area contributed by atoms with Gasteiger partial charge in [-0.25, -0.2) is 4.79 Å². The summed E-state index contributed by atoms with van der Waals surface area (Å²) in [5, 5.41) is 5.74. The molecular weight excluding hydrogens is 392 g/mol. The predicted molar refractivity (Wildman–Crippen MR) is 110 cm³/mol. The predicted octanol–water partition coefficient (Wildman–Crippen LogP) is 3.20. The van der Waals surface area contributed by atoms with Gasteiger partial charge in [0, 0.05) is 0 Å². The van der Waals surface area contributed by atoms with Crippen LogP contribution in [0.25, 0.3) is 0 Å². The van der Waals surface area contributed by atoms with E-state index in [0.717, 1.165) is 24.8 Å². The number of nitrogens with one attached hydrogen (secondary N) is 2. The van der Waals surface area contributed by atoms with Crippen LogP contribution in [0.15, 0.2) is 48.5 Å². The molecule has 0 heterocycles. The fourth-order valence-corrected chi connectivity index (χ4v) is 3.60. The number of esters is 1. The summed E-state index contributed by atoms with van der Waals surface area (Å²) in [5.74, 6) is -1.54. The van der Waals surface area contributed by atoms with E-state index in [1.807, 2.05) is 18.2 Å². The zero-order valence-electron chi connectivity index (χ0n) is 16.1. The Morgan fingerprint density at radius 2 is 1.86 bits per heavy atom. The molecule has 6 nitrogen and oxygen atoms in total. The first-order chi connectivity index (χ1) is 14.0. The molecule has 29 heavy (non-hydrogen) atoms. The van der Waals surface area contributed by atoms with Crippen LogP contribution in [0, 0.1) is 0 Å². The van der Waals surface area contributed by atoms with Crippen molar-refractivity contribution >= 4 is 29.4 Å². The molecule has 0 unspecified atom stereocenters. The molecule has 1 aliphatic carbocycles. The second-order valence-corrected chi connectivity index (χ2v) is 7.40. The first-order valence-corrected chi connectivity index (χ1v) is 9.92. The van der Waals surface area contributed by atoms with Crippen molar-refractivity contribution in [1.29, 1.82) is 0 Å². The van der Waals surface area contributed by atoms with Crippen molar-refractivity contribution in [3.05, 3.63) is 70.2 Å². The third-order valence-corrected chi connectivity index (χ3v) is 5.20. The summed E-state index contributed by atoms with van der Waals surface area (Å²) in [6.07, 6.45) is 2.84. The van der Waals surface area contributed by atoms with E-state index < -0.39 is 24.5 Å². The van der Waals surface area contributed by atoms with E-state index in [0.29, 0.717) is 0 Å². The number of fused-ring (bicyclic) bond motifs is 1. The topological polar surface area (TPSA) is 84.5 Å². The Kier molecular flexibility index (Phi) is 6.88. The third-order valence-electron chi connectivity index (χ3n) is 4.87. The molecule has 2 N–H and O–H groups in total. The van der Waals surface area contributed by atoms with Crippen LogP contribution in [-0.2, 0) is 20.7 Å². The summed E-state index contributed by atoms with van der Waals surface area (Å²) < 4.78 is 5.06. The number of carbonyl (C=O) groups excluding carboxylic acids is 3. The van der Waals surface area contributed by atoms with E-state index in [-0.39, 0.29) is 22.5 Å². The van der Waals surface area contributed by atoms with Crippen molar-refractivity contribution in [1.82, 2.24) is 10.6 Å². The van der Waals surface area contributed by atoms with Crippen LogP contribution in [-0.4, -0.2) is 30.4 Å². The third kappa shape index (κ3) is 5.35. The average molecular weight is 415 g/mol. The van der Waals surface area contributed by atoms with Gasteiger partial charge in [0.05, 0.1) is 16.6 Å². The molecule has 0 aromatic heterocycles. The maximum absolute atomic E-state index is 12.2. The molecule has 1 aliphatic rings. The van der Waals surface area contributed by atoms with Gasteiger partial charge in [-0.2, -0.15) is 0 Å². The Morgan fingerprint density at radius 1 is 1.14 bits per heavy atom. The molecule has 2 aromatic rings. The highest BCUT2D eigenvalue weighted by atomic mass is 35.5. The summed E-state index contributed by atoms with van der Waals surface area (Å²) in [6, 6.07) is 13.6. The van der Waals surface area contributed by atoms with Crippen LogP contribution < -0.4 is 10.6 Å². The lowest BCUT2D eigenvalue weighted by Crippen LogP contribution is -2.41. The Labute approximate surface area is 174 Å². The van der Waals surface area contributed by atoms with Crippen molar-refractivity contribution in [3.63, 3.8) is 0 Å². The van der Waals surface area contributed by atoms with E-state index in [9.17, 15) is 14.4 Å². The summed E-state index contributed by atoms with van der Waals surface area (Å²) in [5.41, 5.74) is 2.61. The standard InChI is InChI=1S/C22H23ClN2O4/c1-14(24-21(27)17-10-4-5-11-18(17)23)22(28)29-13-20(26)25-19-12-6-8-15-7-2-3-9-16(15)19/h2-5,7,9-11,14,19H,6,8,12-13H2,1H3,(H,24,27)(H,25,26)/t14-,19-/m0/s1. The Balaban J connectivity index is 1.48. The minimum Gasteiger partial charge on any atom is -0.454 e. The second kappa shape index (κ2) is 9.56. The van der Waals surface area contributed by atoms with E-state index in [1.165, 1.54) is 12.5 Å². The lowest BCUT2D eigenvalue weighted by molar-refractivity contribution is -0.150. The van der Waals surface area contributed by atoms with Crippen molar-refractivity contribution in [3.8, 4) is 0 Å². The van der Waals surface area contributed by atoms with Crippen LogP contribution in [0.1, 0.15) is 47.3 Å². The number of hydrogen-bond donors (Lipinski definition) is 2. The summed E-state index contributed by atoms with van der Waals surface area (Å²) >= 11 is 5.98. The van der Waals surface area contributed by atoms with Crippen LogP contribution >= 0.6 is 11.6 Å². The fraction of sp³-hybridized carbons (Fsp3) is 0.318. The minimum atomic E-state index is -0.915. The smallest absolute Gasteiger partial charge is 0.328 e. The van der Waals surface area contributed by atoms with E-state index in [1.54, 1.807) is 24.3 Å². The van der Waals surface area contributed by atoms with Crippen molar-refractivity contribution in [2.24, 2.45) is 0 Å². The molecule has 0 spiro atoms. The van der Waals surface area contributed by atoms with Gasteiger partial charge in [-0.3, -0.25) is 9.59 Å². The molecule has 0 radical (unpaired) electrons. The minimum absolute atomic E-state index is 0.0801. The highest BCUT2D eigenvalue weighted by Crippen LogP contribution is 2.29. The number of benzene rings is 2. The van der Waals surface area contributed by atoms with Crippen LogP contribution in [0.4, 0.5) is 0 Å². The van der Waals surface area contributed by atoms with Crippen molar-refractivity contribution in [2.75, 3.05) is 6.61 Å². The second-order valence-electron chi connectivity index (χ2n) is 6.99. The molecule has 152 valence electrons. The van der Waals surface area contributed by atoms with Gasteiger partial charge < -0.3 is 15.4 Å². The van der Waals surface area contributed by atoms with Crippen LogP contribution in [0.5, 0.6) is 0 Å². The van der Waals surface area contributed by atoms with E-state index >= 15 is 0 Å². The van der Waals surface area contributed by atoms with Gasteiger partial charge >= 0.3 is 5.97 Å². The van der Waals surface area contributed by atoms with Gasteiger partial charge in [-0.05, 0) is 49.4 Å². The number of hydrogen-bond acceptors (Lipinski definition) is 4. The molecular formula is C22H23ClN2O4. The average Bonchev–Trinajstić information content (AvgIpc) is 2.72. The number of ether oxygens (including phenoxy) is 1.